The average molecular weight is 438 g/mol. The number of nitrogens with zero attached hydrogens (tertiary/aromatic N) is 4. The maximum Gasteiger partial charge on any atom is 0.265 e. The molecule has 0 spiro atoms. The summed E-state index contributed by atoms with van der Waals surface area (Å²) in [6, 6.07) is 12.5. The normalized spacial score (nSPS) is 11.2. The number of carbonyl (C=O) groups excluding carboxylic acids is 1. The van der Waals surface area contributed by atoms with Crippen LogP contribution in [0, 0.1) is 11.3 Å². The summed E-state index contributed by atoms with van der Waals surface area (Å²) in [6.07, 6.45) is 1.75. The van der Waals surface area contributed by atoms with Gasteiger partial charge in [-0.25, -0.2) is 9.97 Å². The highest BCUT2D eigenvalue weighted by molar-refractivity contribution is 7.12. The Morgan fingerprint density at radius 3 is 2.59 bits per heavy atom. The average Bonchev–Trinajstić information content (AvgIpc) is 3.33. The first-order valence-corrected chi connectivity index (χ1v) is 10.0. The zero-order valence-corrected chi connectivity index (χ0v) is 16.8. The summed E-state index contributed by atoms with van der Waals surface area (Å²) in [6.45, 7) is 0. The van der Waals surface area contributed by atoms with Gasteiger partial charge in [0, 0.05) is 11.9 Å². The number of thiophene rings is 1. The van der Waals surface area contributed by atoms with Crippen LogP contribution in [-0.4, -0.2) is 20.3 Å². The lowest BCUT2D eigenvalue weighted by Gasteiger charge is -2.05. The van der Waals surface area contributed by atoms with E-state index < -0.39 is 0 Å². The Hall–Kier alpha value is -3.18. The first kappa shape index (κ1) is 17.9. The molecule has 0 bridgehead atoms. The number of hydrogen-bond donors (Lipinski definition) is 1. The van der Waals surface area contributed by atoms with E-state index in [0.717, 1.165) is 0 Å². The summed E-state index contributed by atoms with van der Waals surface area (Å²) in [4.78, 5) is 22.2. The monoisotopic (exact) mass is 437 g/mol. The molecule has 1 N–H and O–H groups in total. The molecule has 9 heteroatoms. The number of amides is 1. The summed E-state index contributed by atoms with van der Waals surface area (Å²) >= 11 is 13.6. The lowest BCUT2D eigenvalue weighted by molar-refractivity contribution is 0.103. The van der Waals surface area contributed by atoms with Crippen LogP contribution < -0.4 is 5.32 Å². The van der Waals surface area contributed by atoms with Gasteiger partial charge in [0.1, 0.15) is 17.1 Å². The van der Waals surface area contributed by atoms with Crippen molar-refractivity contribution in [2.45, 2.75) is 0 Å². The smallest absolute Gasteiger partial charge is 0.265 e. The second kappa shape index (κ2) is 6.71. The van der Waals surface area contributed by atoms with Gasteiger partial charge in [-0.05, 0) is 35.7 Å². The molecule has 6 nitrogen and oxygen atoms in total. The second-order valence-corrected chi connectivity index (χ2v) is 8.00. The van der Waals surface area contributed by atoms with Crippen LogP contribution in [0.15, 0.2) is 48.0 Å². The number of pyridine rings is 1. The molecule has 0 atom stereocenters. The molecule has 0 saturated heterocycles. The zero-order chi connectivity index (χ0) is 20.1. The molecule has 4 heterocycles. The molecule has 5 aromatic rings. The molecule has 0 unspecified atom stereocenters. The number of benzene rings is 1. The van der Waals surface area contributed by atoms with Crippen molar-refractivity contribution in [1.29, 1.82) is 5.26 Å². The summed E-state index contributed by atoms with van der Waals surface area (Å²) < 4.78 is 1.77. The second-order valence-electron chi connectivity index (χ2n) is 6.24. The fourth-order valence-corrected chi connectivity index (χ4v) is 4.10. The van der Waals surface area contributed by atoms with Gasteiger partial charge in [-0.1, -0.05) is 29.3 Å². The van der Waals surface area contributed by atoms with Crippen LogP contribution in [0.25, 0.3) is 27.7 Å². The Bertz CT molecular complexity index is 1480. The van der Waals surface area contributed by atoms with Crippen molar-refractivity contribution < 1.29 is 4.79 Å². The van der Waals surface area contributed by atoms with E-state index in [2.05, 4.69) is 21.4 Å². The molecular weight excluding hydrogens is 429 g/mol. The highest BCUT2D eigenvalue weighted by Crippen LogP contribution is 2.31. The third-order valence-electron chi connectivity index (χ3n) is 4.48. The molecule has 5 rings (SSSR count). The van der Waals surface area contributed by atoms with E-state index in [4.69, 9.17) is 23.2 Å². The molecule has 29 heavy (non-hydrogen) atoms. The van der Waals surface area contributed by atoms with E-state index in [1.54, 1.807) is 40.9 Å². The Labute approximate surface area is 177 Å². The Balaban J connectivity index is 1.71. The fraction of sp³-hybridized carbons (Fsp3) is 0. The van der Waals surface area contributed by atoms with E-state index in [9.17, 15) is 10.1 Å². The molecular formula is C20H9Cl2N5OS. The topological polar surface area (TPSA) is 83.1 Å². The lowest BCUT2D eigenvalue weighted by Crippen LogP contribution is -2.10. The number of carbonyl (C=O) groups is 1. The predicted octanol–water partition coefficient (Wildman–Crippen LogP) is 5.53. The first-order valence-electron chi connectivity index (χ1n) is 8.40. The Kier molecular flexibility index (Phi) is 4.14. The van der Waals surface area contributed by atoms with Crippen LogP contribution in [-0.2, 0) is 0 Å². The highest BCUT2D eigenvalue weighted by Gasteiger charge is 2.17. The summed E-state index contributed by atoms with van der Waals surface area (Å²) in [7, 11) is 0. The molecule has 4 aromatic heterocycles. The van der Waals surface area contributed by atoms with Crippen molar-refractivity contribution >= 4 is 73.8 Å². The van der Waals surface area contributed by atoms with Crippen molar-refractivity contribution in [2.24, 2.45) is 0 Å². The largest absolute Gasteiger partial charge is 0.321 e. The quantitative estimate of drug-likeness (QED) is 0.393. The van der Waals surface area contributed by atoms with Gasteiger partial charge < -0.3 is 5.32 Å². The molecule has 0 aliphatic rings. The molecule has 0 saturated carbocycles. The highest BCUT2D eigenvalue weighted by atomic mass is 35.5. The van der Waals surface area contributed by atoms with E-state index in [1.165, 1.54) is 11.3 Å². The van der Waals surface area contributed by atoms with Crippen molar-refractivity contribution in [3.05, 3.63) is 68.5 Å². The number of aromatic nitrogens is 3. The van der Waals surface area contributed by atoms with Gasteiger partial charge >= 0.3 is 0 Å². The van der Waals surface area contributed by atoms with Crippen LogP contribution in [0.1, 0.15) is 15.2 Å². The van der Waals surface area contributed by atoms with Crippen LogP contribution >= 0.6 is 34.5 Å². The number of rotatable bonds is 2. The SMILES string of the molecule is N#Cc1c2nc3cc(Cl)c(Cl)cc3nc2n2ccc(NC(=O)c3cccs3)cc12. The van der Waals surface area contributed by atoms with Gasteiger partial charge in [0.05, 0.1) is 31.5 Å². The third-order valence-corrected chi connectivity index (χ3v) is 6.07. The van der Waals surface area contributed by atoms with Gasteiger partial charge in [0.2, 0.25) is 0 Å². The van der Waals surface area contributed by atoms with E-state index >= 15 is 0 Å². The standard InChI is InChI=1S/C20H9Cl2N5OS/c21-12-7-14-15(8-13(12)22)26-19-18(25-14)11(9-23)16-6-10(3-4-27(16)19)24-20(28)17-2-1-5-29-17/h1-8H,(H,24,28). The van der Waals surface area contributed by atoms with Gasteiger partial charge in [-0.3, -0.25) is 9.20 Å². The molecule has 0 aliphatic carbocycles. The molecule has 1 aromatic carbocycles. The van der Waals surface area contributed by atoms with Crippen LogP contribution in [0.3, 0.4) is 0 Å². The molecule has 0 fully saturated rings. The van der Waals surface area contributed by atoms with Gasteiger partial charge in [-0.15, -0.1) is 11.3 Å². The Morgan fingerprint density at radius 1 is 1.14 bits per heavy atom. The van der Waals surface area contributed by atoms with Crippen molar-refractivity contribution in [3.63, 3.8) is 0 Å². The lowest BCUT2D eigenvalue weighted by atomic mass is 10.2. The van der Waals surface area contributed by atoms with Crippen LogP contribution in [0.2, 0.25) is 10.0 Å². The number of nitrogens with one attached hydrogen (secondary N) is 1. The van der Waals surface area contributed by atoms with Gasteiger partial charge in [-0.2, -0.15) is 5.26 Å². The fourth-order valence-electron chi connectivity index (χ4n) is 3.17. The van der Waals surface area contributed by atoms with E-state index in [0.29, 0.717) is 53.9 Å². The summed E-state index contributed by atoms with van der Waals surface area (Å²) in [5.74, 6) is -0.203. The first-order chi connectivity index (χ1) is 14.0. The summed E-state index contributed by atoms with van der Waals surface area (Å²) in [5, 5.41) is 15.2. The minimum absolute atomic E-state index is 0.203. The zero-order valence-electron chi connectivity index (χ0n) is 14.5. The molecule has 0 radical (unpaired) electrons. The molecule has 1 amide bonds. The van der Waals surface area contributed by atoms with Gasteiger partial charge in [0.15, 0.2) is 5.65 Å². The maximum absolute atomic E-state index is 12.3. The van der Waals surface area contributed by atoms with Crippen LogP contribution in [0.5, 0.6) is 0 Å². The van der Waals surface area contributed by atoms with E-state index in [-0.39, 0.29) is 5.91 Å². The number of fused-ring (bicyclic) bond motifs is 4. The number of anilines is 1. The summed E-state index contributed by atoms with van der Waals surface area (Å²) in [5.41, 5.74) is 3.65. The minimum atomic E-state index is -0.203. The van der Waals surface area contributed by atoms with Crippen molar-refractivity contribution in [3.8, 4) is 6.07 Å². The minimum Gasteiger partial charge on any atom is -0.321 e. The number of halogens is 2. The van der Waals surface area contributed by atoms with Gasteiger partial charge in [0.25, 0.3) is 5.91 Å². The third kappa shape index (κ3) is 2.89. The Morgan fingerprint density at radius 2 is 1.90 bits per heavy atom. The van der Waals surface area contributed by atoms with E-state index in [1.807, 2.05) is 11.4 Å². The van der Waals surface area contributed by atoms with Crippen molar-refractivity contribution in [2.75, 3.05) is 5.32 Å². The number of hydrogen-bond acceptors (Lipinski definition) is 5. The predicted molar refractivity (Wildman–Crippen MR) is 115 cm³/mol. The van der Waals surface area contributed by atoms with Crippen molar-refractivity contribution in [1.82, 2.24) is 14.4 Å². The maximum atomic E-state index is 12.3. The molecule has 140 valence electrons. The van der Waals surface area contributed by atoms with Crippen LogP contribution in [0.4, 0.5) is 5.69 Å². The number of nitriles is 1. The molecule has 0 aliphatic heterocycles.